The number of carbonyl (C=O) groups is 1. The molecule has 0 radical (unpaired) electrons. The number of hydrogen-bond acceptors (Lipinski definition) is 4. The summed E-state index contributed by atoms with van der Waals surface area (Å²) < 4.78 is 32.1. The molecule has 1 amide bonds. The number of rotatable bonds is 7. The Hall–Kier alpha value is -2.38. The Labute approximate surface area is 167 Å². The van der Waals surface area contributed by atoms with Crippen molar-refractivity contribution in [3.05, 3.63) is 58.7 Å². The molecule has 7 heteroatoms. The molecule has 0 N–H and O–H groups in total. The van der Waals surface area contributed by atoms with Gasteiger partial charge in [-0.15, -0.1) is 0 Å². The molecule has 0 aliphatic rings. The third kappa shape index (κ3) is 4.54. The molecule has 0 unspecified atom stereocenters. The predicted octanol–water partition coefficient (Wildman–Crippen LogP) is 3.22. The number of aryl methyl sites for hydroxylation is 1. The minimum absolute atomic E-state index is 0.156. The fourth-order valence-electron chi connectivity index (χ4n) is 2.89. The summed E-state index contributed by atoms with van der Waals surface area (Å²) in [7, 11) is 1.02. The lowest BCUT2D eigenvalue weighted by Crippen LogP contribution is -2.28. The number of sulfonamides is 1. The van der Waals surface area contributed by atoms with Crippen LogP contribution in [0, 0.1) is 13.8 Å². The van der Waals surface area contributed by atoms with E-state index in [1.807, 2.05) is 38.1 Å². The highest BCUT2D eigenvalue weighted by Gasteiger charge is 2.24. The van der Waals surface area contributed by atoms with Gasteiger partial charge in [0.2, 0.25) is 10.0 Å². The molecule has 0 atom stereocenters. The fraction of sp³-hybridized carbons (Fsp3) is 0.381. The van der Waals surface area contributed by atoms with Crippen LogP contribution < -0.4 is 4.74 Å². The normalized spacial score (nSPS) is 11.5. The molecule has 152 valence electrons. The second-order valence-corrected chi connectivity index (χ2v) is 9.03. The number of carbonyl (C=O) groups excluding carboxylic acids is 1. The highest BCUT2D eigenvalue weighted by atomic mass is 32.2. The van der Waals surface area contributed by atoms with Crippen molar-refractivity contribution in [2.45, 2.75) is 32.2 Å². The van der Waals surface area contributed by atoms with Gasteiger partial charge in [0.05, 0.1) is 11.5 Å². The van der Waals surface area contributed by atoms with Crippen molar-refractivity contribution in [3.63, 3.8) is 0 Å². The lowest BCUT2D eigenvalue weighted by molar-refractivity contribution is 0.0783. The molecule has 0 heterocycles. The lowest BCUT2D eigenvalue weighted by atomic mass is 10.0. The van der Waals surface area contributed by atoms with Crippen LogP contribution in [0.2, 0.25) is 0 Å². The molecule has 6 nitrogen and oxygen atoms in total. The van der Waals surface area contributed by atoms with Gasteiger partial charge in [0, 0.05) is 38.8 Å². The van der Waals surface area contributed by atoms with Gasteiger partial charge >= 0.3 is 0 Å². The highest BCUT2D eigenvalue weighted by molar-refractivity contribution is 7.89. The molecule has 2 aromatic rings. The van der Waals surface area contributed by atoms with Gasteiger partial charge in [0.25, 0.3) is 5.91 Å². The number of para-hydroxylation sites is 1. The average molecular weight is 405 g/mol. The largest absolute Gasteiger partial charge is 0.494 e. The van der Waals surface area contributed by atoms with Gasteiger partial charge in [0.1, 0.15) is 5.75 Å². The third-order valence-electron chi connectivity index (χ3n) is 4.65. The van der Waals surface area contributed by atoms with Gasteiger partial charge in [-0.2, -0.15) is 0 Å². The van der Waals surface area contributed by atoms with Gasteiger partial charge in [0.15, 0.2) is 0 Å². The van der Waals surface area contributed by atoms with E-state index in [0.717, 1.165) is 21.2 Å². The minimum atomic E-state index is -3.64. The van der Waals surface area contributed by atoms with Crippen molar-refractivity contribution in [3.8, 4) is 5.75 Å². The van der Waals surface area contributed by atoms with Crippen LogP contribution in [-0.2, 0) is 16.6 Å². The summed E-state index contributed by atoms with van der Waals surface area (Å²) in [6, 6.07) is 10.8. The molecule has 28 heavy (non-hydrogen) atoms. The number of benzene rings is 2. The third-order valence-corrected chi connectivity index (χ3v) is 6.59. The maximum absolute atomic E-state index is 13.0. The Morgan fingerprint density at radius 3 is 2.32 bits per heavy atom. The maximum atomic E-state index is 13.0. The molecule has 0 spiro atoms. The number of amides is 1. The number of nitrogens with zero attached hydrogens (tertiary/aromatic N) is 2. The van der Waals surface area contributed by atoms with Crippen molar-refractivity contribution in [2.75, 3.05) is 27.7 Å². The van der Waals surface area contributed by atoms with Crippen LogP contribution in [0.5, 0.6) is 5.75 Å². The predicted molar refractivity (Wildman–Crippen MR) is 110 cm³/mol. The standard InChI is InChI=1S/C21H28N2O4S/c1-7-27-19-11-9-8-10-17(19)14-23(6)21(24)18-12-15(2)16(3)20(13-18)28(25,26)22(4)5/h8-13H,7,14H2,1-6H3. The Bertz CT molecular complexity index is 968. The summed E-state index contributed by atoms with van der Waals surface area (Å²) in [5.74, 6) is 0.491. The van der Waals surface area contributed by atoms with Gasteiger partial charge < -0.3 is 9.64 Å². The first-order chi connectivity index (χ1) is 13.1. The van der Waals surface area contributed by atoms with Gasteiger partial charge in [-0.05, 0) is 50.1 Å². The van der Waals surface area contributed by atoms with Crippen molar-refractivity contribution in [1.82, 2.24) is 9.21 Å². The van der Waals surface area contributed by atoms with Gasteiger partial charge in [-0.25, -0.2) is 12.7 Å². The molecule has 0 aromatic heterocycles. The van der Waals surface area contributed by atoms with Crippen LogP contribution in [0.4, 0.5) is 0 Å². The second kappa shape index (κ2) is 8.75. The first-order valence-corrected chi connectivity index (χ1v) is 10.5. The first kappa shape index (κ1) is 21.9. The Balaban J connectivity index is 2.38. The van der Waals surface area contributed by atoms with Crippen molar-refractivity contribution in [2.24, 2.45) is 0 Å². The Morgan fingerprint density at radius 1 is 1.07 bits per heavy atom. The van der Waals surface area contributed by atoms with Crippen LogP contribution in [0.25, 0.3) is 0 Å². The second-order valence-electron chi connectivity index (χ2n) is 6.91. The SMILES string of the molecule is CCOc1ccccc1CN(C)C(=O)c1cc(C)c(C)c(S(=O)(=O)N(C)C)c1. The van der Waals surface area contributed by atoms with Crippen LogP contribution in [0.1, 0.15) is 34.0 Å². The molecule has 2 aromatic carbocycles. The molecule has 2 rings (SSSR count). The van der Waals surface area contributed by atoms with E-state index in [-0.39, 0.29) is 10.8 Å². The fourth-order valence-corrected chi connectivity index (χ4v) is 4.11. The lowest BCUT2D eigenvalue weighted by Gasteiger charge is -2.21. The van der Waals surface area contributed by atoms with Crippen LogP contribution in [0.15, 0.2) is 41.3 Å². The van der Waals surface area contributed by atoms with E-state index in [0.29, 0.717) is 24.3 Å². The topological polar surface area (TPSA) is 66.9 Å². The van der Waals surface area contributed by atoms with E-state index in [9.17, 15) is 13.2 Å². The quantitative estimate of drug-likeness (QED) is 0.711. The number of hydrogen-bond donors (Lipinski definition) is 0. The van der Waals surface area contributed by atoms with E-state index >= 15 is 0 Å². The molecule has 0 aliphatic heterocycles. The monoisotopic (exact) mass is 404 g/mol. The molecule has 0 bridgehead atoms. The van der Waals surface area contributed by atoms with E-state index in [2.05, 4.69) is 0 Å². The van der Waals surface area contributed by atoms with Crippen molar-refractivity contribution in [1.29, 1.82) is 0 Å². The first-order valence-electron chi connectivity index (χ1n) is 9.09. The summed E-state index contributed by atoms with van der Waals surface area (Å²) in [6.45, 7) is 6.37. The molecule has 0 saturated carbocycles. The van der Waals surface area contributed by atoms with Crippen molar-refractivity contribution < 1.29 is 17.9 Å². The Kier molecular flexibility index (Phi) is 6.85. The van der Waals surface area contributed by atoms with Gasteiger partial charge in [-0.1, -0.05) is 18.2 Å². The molecular formula is C21H28N2O4S. The molecular weight excluding hydrogens is 376 g/mol. The van der Waals surface area contributed by atoms with Crippen molar-refractivity contribution >= 4 is 15.9 Å². The van der Waals surface area contributed by atoms with Crippen LogP contribution >= 0.6 is 0 Å². The molecule has 0 aliphatic carbocycles. The summed E-state index contributed by atoms with van der Waals surface area (Å²) in [5, 5.41) is 0. The smallest absolute Gasteiger partial charge is 0.253 e. The zero-order valence-corrected chi connectivity index (χ0v) is 18.1. The minimum Gasteiger partial charge on any atom is -0.494 e. The zero-order valence-electron chi connectivity index (χ0n) is 17.3. The highest BCUT2D eigenvalue weighted by Crippen LogP contribution is 2.25. The maximum Gasteiger partial charge on any atom is 0.253 e. The average Bonchev–Trinajstić information content (AvgIpc) is 2.64. The molecule has 0 saturated heterocycles. The zero-order chi connectivity index (χ0) is 21.1. The van der Waals surface area contributed by atoms with E-state index < -0.39 is 10.0 Å². The summed E-state index contributed by atoms with van der Waals surface area (Å²) in [6.07, 6.45) is 0. The summed E-state index contributed by atoms with van der Waals surface area (Å²) in [4.78, 5) is 14.7. The summed E-state index contributed by atoms with van der Waals surface area (Å²) >= 11 is 0. The summed E-state index contributed by atoms with van der Waals surface area (Å²) in [5.41, 5.74) is 2.65. The number of ether oxygens (including phenoxy) is 1. The van der Waals surface area contributed by atoms with Crippen LogP contribution in [0.3, 0.4) is 0 Å². The van der Waals surface area contributed by atoms with E-state index in [4.69, 9.17) is 4.74 Å². The molecule has 0 fully saturated rings. The Morgan fingerprint density at radius 2 is 1.71 bits per heavy atom. The van der Waals surface area contributed by atoms with Gasteiger partial charge in [-0.3, -0.25) is 4.79 Å². The van der Waals surface area contributed by atoms with E-state index in [1.165, 1.54) is 20.2 Å². The van der Waals surface area contributed by atoms with E-state index in [1.54, 1.807) is 24.9 Å². The van der Waals surface area contributed by atoms with Crippen LogP contribution in [-0.4, -0.2) is 51.3 Å².